The van der Waals surface area contributed by atoms with Gasteiger partial charge in [0.2, 0.25) is 5.95 Å². The molecule has 1 aliphatic rings. The highest BCUT2D eigenvalue weighted by Gasteiger charge is 2.17. The predicted octanol–water partition coefficient (Wildman–Crippen LogP) is 2.87. The quantitative estimate of drug-likeness (QED) is 0.920. The molecule has 3 rings (SSSR count). The zero-order chi connectivity index (χ0) is 14.8. The van der Waals surface area contributed by atoms with E-state index in [1.165, 1.54) is 0 Å². The lowest BCUT2D eigenvalue weighted by Crippen LogP contribution is -2.37. The second-order valence-electron chi connectivity index (χ2n) is 4.68. The Hall–Kier alpha value is -1.56. The van der Waals surface area contributed by atoms with Gasteiger partial charge in [0.05, 0.1) is 29.0 Å². The van der Waals surface area contributed by atoms with Crippen LogP contribution in [0.15, 0.2) is 24.3 Å². The number of ether oxygens (including phenoxy) is 1. The summed E-state index contributed by atoms with van der Waals surface area (Å²) in [7, 11) is 0. The van der Waals surface area contributed by atoms with Crippen LogP contribution in [0.4, 0.5) is 11.8 Å². The Morgan fingerprint density at radius 1 is 1.14 bits per heavy atom. The summed E-state index contributed by atoms with van der Waals surface area (Å²) in [5.41, 5.74) is 7.31. The van der Waals surface area contributed by atoms with Gasteiger partial charge in [-0.1, -0.05) is 35.3 Å². The molecule has 2 heterocycles. The van der Waals surface area contributed by atoms with Gasteiger partial charge in [-0.05, 0) is 6.07 Å². The average Bonchev–Trinajstić information content (AvgIpc) is 2.50. The predicted molar refractivity (Wildman–Crippen MR) is 84.9 cm³/mol. The standard InChI is InChI=1S/C14H14Cl2N4O/c15-10-3-1-2-9(13(10)16)11-8-12(17)19-14(18-11)20-4-6-21-7-5-20/h1-3,8H,4-7H2,(H2,17,18,19). The van der Waals surface area contributed by atoms with Crippen molar-refractivity contribution in [2.24, 2.45) is 0 Å². The van der Waals surface area contributed by atoms with E-state index in [1.54, 1.807) is 12.1 Å². The molecule has 0 radical (unpaired) electrons. The van der Waals surface area contributed by atoms with Gasteiger partial charge in [-0.25, -0.2) is 4.98 Å². The van der Waals surface area contributed by atoms with Gasteiger partial charge in [0.15, 0.2) is 0 Å². The molecule has 0 amide bonds. The van der Waals surface area contributed by atoms with E-state index in [0.29, 0.717) is 40.7 Å². The van der Waals surface area contributed by atoms with Crippen LogP contribution < -0.4 is 10.6 Å². The first kappa shape index (κ1) is 14.4. The van der Waals surface area contributed by atoms with E-state index in [4.69, 9.17) is 33.7 Å². The first-order chi connectivity index (χ1) is 10.1. The third-order valence-corrected chi connectivity index (χ3v) is 4.07. The normalized spacial score (nSPS) is 15.2. The van der Waals surface area contributed by atoms with Gasteiger partial charge in [0.1, 0.15) is 5.82 Å². The molecule has 0 aliphatic carbocycles. The van der Waals surface area contributed by atoms with Crippen molar-refractivity contribution in [1.82, 2.24) is 9.97 Å². The lowest BCUT2D eigenvalue weighted by atomic mass is 10.1. The summed E-state index contributed by atoms with van der Waals surface area (Å²) in [5, 5.41) is 0.949. The summed E-state index contributed by atoms with van der Waals surface area (Å²) in [6.45, 7) is 2.80. The molecule has 110 valence electrons. The molecule has 21 heavy (non-hydrogen) atoms. The van der Waals surface area contributed by atoms with Crippen molar-refractivity contribution in [2.45, 2.75) is 0 Å². The number of morpholine rings is 1. The molecule has 1 aromatic heterocycles. The van der Waals surface area contributed by atoms with Crippen molar-refractivity contribution in [2.75, 3.05) is 36.9 Å². The van der Waals surface area contributed by atoms with Crippen LogP contribution in [-0.4, -0.2) is 36.3 Å². The number of nitrogens with two attached hydrogens (primary N) is 1. The fourth-order valence-corrected chi connectivity index (χ4v) is 2.59. The summed E-state index contributed by atoms with van der Waals surface area (Å²) >= 11 is 12.3. The summed E-state index contributed by atoms with van der Waals surface area (Å²) in [5.74, 6) is 0.988. The van der Waals surface area contributed by atoms with E-state index in [9.17, 15) is 0 Å². The summed E-state index contributed by atoms with van der Waals surface area (Å²) in [6, 6.07) is 7.12. The minimum atomic E-state index is 0.400. The van der Waals surface area contributed by atoms with Crippen LogP contribution >= 0.6 is 23.2 Å². The minimum absolute atomic E-state index is 0.400. The van der Waals surface area contributed by atoms with Crippen molar-refractivity contribution in [1.29, 1.82) is 0 Å². The molecule has 0 unspecified atom stereocenters. The van der Waals surface area contributed by atoms with E-state index < -0.39 is 0 Å². The number of anilines is 2. The third kappa shape index (κ3) is 3.05. The van der Waals surface area contributed by atoms with Crippen molar-refractivity contribution in [3.05, 3.63) is 34.3 Å². The second kappa shape index (κ2) is 6.05. The van der Waals surface area contributed by atoms with Crippen LogP contribution in [0.5, 0.6) is 0 Å². The maximum Gasteiger partial charge on any atom is 0.228 e. The summed E-state index contributed by atoms with van der Waals surface area (Å²) in [6.07, 6.45) is 0. The lowest BCUT2D eigenvalue weighted by Gasteiger charge is -2.27. The van der Waals surface area contributed by atoms with Crippen LogP contribution in [0.2, 0.25) is 10.0 Å². The Labute approximate surface area is 132 Å². The van der Waals surface area contributed by atoms with Gasteiger partial charge in [0.25, 0.3) is 0 Å². The Kier molecular flexibility index (Phi) is 4.14. The van der Waals surface area contributed by atoms with Crippen molar-refractivity contribution in [3.8, 4) is 11.3 Å². The first-order valence-corrected chi connectivity index (χ1v) is 7.32. The molecule has 2 N–H and O–H groups in total. The van der Waals surface area contributed by atoms with Gasteiger partial charge in [-0.2, -0.15) is 4.98 Å². The number of nitrogen functional groups attached to an aromatic ring is 1. The SMILES string of the molecule is Nc1cc(-c2cccc(Cl)c2Cl)nc(N2CCOCC2)n1. The molecule has 0 bridgehead atoms. The first-order valence-electron chi connectivity index (χ1n) is 6.57. The molecule has 0 saturated carbocycles. The Morgan fingerprint density at radius 2 is 1.90 bits per heavy atom. The molecule has 2 aromatic rings. The maximum absolute atomic E-state index is 6.25. The zero-order valence-electron chi connectivity index (χ0n) is 11.2. The number of aromatic nitrogens is 2. The Balaban J connectivity index is 2.03. The highest BCUT2D eigenvalue weighted by atomic mass is 35.5. The van der Waals surface area contributed by atoms with Crippen LogP contribution in [-0.2, 0) is 4.74 Å². The minimum Gasteiger partial charge on any atom is -0.384 e. The number of rotatable bonds is 2. The highest BCUT2D eigenvalue weighted by molar-refractivity contribution is 6.43. The Bertz CT molecular complexity index is 659. The Morgan fingerprint density at radius 3 is 2.67 bits per heavy atom. The molecule has 1 fully saturated rings. The van der Waals surface area contributed by atoms with Gasteiger partial charge >= 0.3 is 0 Å². The van der Waals surface area contributed by atoms with Crippen LogP contribution in [0.1, 0.15) is 0 Å². The fraction of sp³-hybridized carbons (Fsp3) is 0.286. The van der Waals surface area contributed by atoms with Crippen molar-refractivity contribution in [3.63, 3.8) is 0 Å². The molecular formula is C14H14Cl2N4O. The van der Waals surface area contributed by atoms with E-state index in [1.807, 2.05) is 17.0 Å². The topological polar surface area (TPSA) is 64.3 Å². The molecule has 1 saturated heterocycles. The fourth-order valence-electron chi connectivity index (χ4n) is 2.20. The summed E-state index contributed by atoms with van der Waals surface area (Å²) in [4.78, 5) is 10.9. The number of halogens is 2. The number of nitrogens with zero attached hydrogens (tertiary/aromatic N) is 3. The molecular weight excluding hydrogens is 311 g/mol. The molecule has 5 nitrogen and oxygen atoms in total. The number of hydrogen-bond acceptors (Lipinski definition) is 5. The van der Waals surface area contributed by atoms with E-state index in [0.717, 1.165) is 18.7 Å². The van der Waals surface area contributed by atoms with Gasteiger partial charge in [0, 0.05) is 24.7 Å². The highest BCUT2D eigenvalue weighted by Crippen LogP contribution is 2.33. The van der Waals surface area contributed by atoms with Crippen molar-refractivity contribution < 1.29 is 4.74 Å². The molecule has 7 heteroatoms. The van der Waals surface area contributed by atoms with E-state index in [-0.39, 0.29) is 0 Å². The smallest absolute Gasteiger partial charge is 0.228 e. The van der Waals surface area contributed by atoms with Gasteiger partial charge in [-0.3, -0.25) is 0 Å². The average molecular weight is 325 g/mol. The largest absolute Gasteiger partial charge is 0.384 e. The molecule has 0 atom stereocenters. The number of hydrogen-bond donors (Lipinski definition) is 1. The maximum atomic E-state index is 6.25. The summed E-state index contributed by atoms with van der Waals surface area (Å²) < 4.78 is 5.33. The number of benzene rings is 1. The van der Waals surface area contributed by atoms with Crippen LogP contribution in [0.25, 0.3) is 11.3 Å². The molecule has 1 aliphatic heterocycles. The van der Waals surface area contributed by atoms with Crippen molar-refractivity contribution >= 4 is 35.0 Å². The molecule has 0 spiro atoms. The van der Waals surface area contributed by atoms with Gasteiger partial charge in [-0.15, -0.1) is 0 Å². The van der Waals surface area contributed by atoms with Crippen LogP contribution in [0.3, 0.4) is 0 Å². The van der Waals surface area contributed by atoms with Gasteiger partial charge < -0.3 is 15.4 Å². The second-order valence-corrected chi connectivity index (χ2v) is 5.46. The van der Waals surface area contributed by atoms with E-state index in [2.05, 4.69) is 9.97 Å². The lowest BCUT2D eigenvalue weighted by molar-refractivity contribution is 0.122. The monoisotopic (exact) mass is 324 g/mol. The van der Waals surface area contributed by atoms with Crippen LogP contribution in [0, 0.1) is 0 Å². The third-order valence-electron chi connectivity index (χ3n) is 3.26. The van der Waals surface area contributed by atoms with E-state index >= 15 is 0 Å². The molecule has 1 aromatic carbocycles. The zero-order valence-corrected chi connectivity index (χ0v) is 12.7.